The number of nitro benzene ring substituents is 1. The lowest BCUT2D eigenvalue weighted by atomic mass is 9.97. The fourth-order valence-electron chi connectivity index (χ4n) is 3.36. The van der Waals surface area contributed by atoms with Crippen molar-refractivity contribution in [3.05, 3.63) is 79.7 Å². The zero-order valence-corrected chi connectivity index (χ0v) is 18.5. The third-order valence-corrected chi connectivity index (χ3v) is 6.08. The first-order valence-corrected chi connectivity index (χ1v) is 10.4. The molecular weight excluding hydrogens is 416 g/mol. The molecule has 3 aromatic rings. The normalized spacial score (nSPS) is 10.6. The summed E-state index contributed by atoms with van der Waals surface area (Å²) in [5.74, 6) is -1.01. The van der Waals surface area contributed by atoms with E-state index in [2.05, 4.69) is 5.32 Å². The van der Waals surface area contributed by atoms with Gasteiger partial charge in [0.05, 0.1) is 18.5 Å². The molecule has 1 aromatic heterocycles. The Morgan fingerprint density at radius 3 is 2.45 bits per heavy atom. The van der Waals surface area contributed by atoms with E-state index in [4.69, 9.17) is 4.74 Å². The third kappa shape index (κ3) is 4.64. The predicted molar refractivity (Wildman–Crippen MR) is 121 cm³/mol. The highest BCUT2D eigenvalue weighted by Gasteiger charge is 2.26. The number of benzene rings is 2. The molecule has 1 heterocycles. The average Bonchev–Trinajstić information content (AvgIpc) is 3.05. The molecule has 0 saturated carbocycles. The van der Waals surface area contributed by atoms with E-state index in [0.717, 1.165) is 21.6 Å². The second-order valence-electron chi connectivity index (χ2n) is 7.14. The SMILES string of the molecule is COC(=O)c1c(NC(=O)Cc2ccccc2[N+](=O)[O-])sc(C)c1-c1ccc(C)c(C)c1. The first kappa shape index (κ1) is 22.2. The van der Waals surface area contributed by atoms with Crippen LogP contribution >= 0.6 is 11.3 Å². The van der Waals surface area contributed by atoms with E-state index in [9.17, 15) is 19.7 Å². The Labute approximate surface area is 183 Å². The van der Waals surface area contributed by atoms with Crippen LogP contribution in [-0.2, 0) is 16.0 Å². The Morgan fingerprint density at radius 2 is 1.81 bits per heavy atom. The van der Waals surface area contributed by atoms with Gasteiger partial charge in [-0.3, -0.25) is 14.9 Å². The summed E-state index contributed by atoms with van der Waals surface area (Å²) in [7, 11) is 1.29. The van der Waals surface area contributed by atoms with Gasteiger partial charge < -0.3 is 10.1 Å². The van der Waals surface area contributed by atoms with Gasteiger partial charge in [-0.1, -0.05) is 36.4 Å². The predicted octanol–water partition coefficient (Wildman–Crippen LogP) is 5.22. The highest BCUT2D eigenvalue weighted by molar-refractivity contribution is 7.17. The monoisotopic (exact) mass is 438 g/mol. The number of carbonyl (C=O) groups excluding carboxylic acids is 2. The van der Waals surface area contributed by atoms with Crippen molar-refractivity contribution in [2.24, 2.45) is 0 Å². The van der Waals surface area contributed by atoms with E-state index >= 15 is 0 Å². The summed E-state index contributed by atoms with van der Waals surface area (Å²) in [6, 6.07) is 12.0. The van der Waals surface area contributed by atoms with Gasteiger partial charge in [-0.15, -0.1) is 11.3 Å². The number of hydrogen-bond acceptors (Lipinski definition) is 6. The van der Waals surface area contributed by atoms with Crippen molar-refractivity contribution in [1.82, 2.24) is 0 Å². The minimum absolute atomic E-state index is 0.121. The molecule has 0 spiro atoms. The lowest BCUT2D eigenvalue weighted by molar-refractivity contribution is -0.385. The van der Waals surface area contributed by atoms with Crippen molar-refractivity contribution in [3.8, 4) is 11.1 Å². The Balaban J connectivity index is 1.98. The van der Waals surface area contributed by atoms with Crippen LogP contribution in [0.25, 0.3) is 11.1 Å². The molecule has 160 valence electrons. The van der Waals surface area contributed by atoms with Crippen LogP contribution in [0.4, 0.5) is 10.7 Å². The molecule has 1 amide bonds. The molecule has 31 heavy (non-hydrogen) atoms. The van der Waals surface area contributed by atoms with Gasteiger partial charge in [-0.05, 0) is 37.5 Å². The second kappa shape index (κ2) is 9.09. The molecule has 3 rings (SSSR count). The van der Waals surface area contributed by atoms with Crippen LogP contribution in [-0.4, -0.2) is 23.9 Å². The van der Waals surface area contributed by atoms with Crippen LogP contribution in [0, 0.1) is 30.9 Å². The van der Waals surface area contributed by atoms with Crippen LogP contribution in [0.5, 0.6) is 0 Å². The van der Waals surface area contributed by atoms with Crippen molar-refractivity contribution < 1.29 is 19.2 Å². The highest BCUT2D eigenvalue weighted by atomic mass is 32.1. The van der Waals surface area contributed by atoms with E-state index in [1.54, 1.807) is 18.2 Å². The summed E-state index contributed by atoms with van der Waals surface area (Å²) in [4.78, 5) is 36.9. The molecule has 0 aliphatic heterocycles. The molecule has 0 saturated heterocycles. The molecule has 0 radical (unpaired) electrons. The van der Waals surface area contributed by atoms with Gasteiger partial charge in [0.2, 0.25) is 5.91 Å². The first-order valence-electron chi connectivity index (χ1n) is 9.54. The summed E-state index contributed by atoms with van der Waals surface area (Å²) >= 11 is 1.27. The van der Waals surface area contributed by atoms with Gasteiger partial charge in [0.25, 0.3) is 5.69 Å². The molecule has 0 unspecified atom stereocenters. The lowest BCUT2D eigenvalue weighted by Gasteiger charge is -2.10. The minimum atomic E-state index is -0.557. The number of carbonyl (C=O) groups is 2. The molecule has 0 aliphatic carbocycles. The van der Waals surface area contributed by atoms with Gasteiger partial charge >= 0.3 is 5.97 Å². The van der Waals surface area contributed by atoms with Crippen LogP contribution in [0.3, 0.4) is 0 Å². The van der Waals surface area contributed by atoms with Crippen molar-refractivity contribution in [1.29, 1.82) is 0 Å². The van der Waals surface area contributed by atoms with Gasteiger partial charge in [-0.2, -0.15) is 0 Å². The number of nitrogens with zero attached hydrogens (tertiary/aromatic N) is 1. The number of thiophene rings is 1. The maximum Gasteiger partial charge on any atom is 0.341 e. The summed E-state index contributed by atoms with van der Waals surface area (Å²) < 4.78 is 4.98. The zero-order valence-electron chi connectivity index (χ0n) is 17.6. The van der Waals surface area contributed by atoms with E-state index in [1.165, 1.54) is 24.5 Å². The van der Waals surface area contributed by atoms with Gasteiger partial charge in [0, 0.05) is 22.1 Å². The van der Waals surface area contributed by atoms with Gasteiger partial charge in [-0.25, -0.2) is 4.79 Å². The fraction of sp³-hybridized carbons (Fsp3) is 0.217. The number of hydrogen-bond donors (Lipinski definition) is 1. The Morgan fingerprint density at radius 1 is 1.10 bits per heavy atom. The third-order valence-electron chi connectivity index (χ3n) is 5.06. The van der Waals surface area contributed by atoms with Crippen molar-refractivity contribution in [2.75, 3.05) is 12.4 Å². The average molecular weight is 439 g/mol. The number of rotatable bonds is 6. The van der Waals surface area contributed by atoms with Gasteiger partial charge in [0.1, 0.15) is 10.6 Å². The summed E-state index contributed by atoms with van der Waals surface area (Å²) in [6.45, 7) is 5.88. The maximum absolute atomic E-state index is 12.7. The van der Waals surface area contributed by atoms with E-state index in [-0.39, 0.29) is 17.7 Å². The molecule has 8 heteroatoms. The molecule has 0 aliphatic rings. The van der Waals surface area contributed by atoms with Crippen LogP contribution in [0.1, 0.15) is 31.9 Å². The molecule has 0 bridgehead atoms. The highest BCUT2D eigenvalue weighted by Crippen LogP contribution is 2.41. The molecule has 0 fully saturated rings. The number of ether oxygens (including phenoxy) is 1. The number of methoxy groups -OCH3 is 1. The smallest absolute Gasteiger partial charge is 0.341 e. The first-order chi connectivity index (χ1) is 14.7. The van der Waals surface area contributed by atoms with Crippen molar-refractivity contribution in [3.63, 3.8) is 0 Å². The van der Waals surface area contributed by atoms with Crippen molar-refractivity contribution in [2.45, 2.75) is 27.2 Å². The summed E-state index contributed by atoms with van der Waals surface area (Å²) in [5.41, 5.74) is 4.24. The molecular formula is C23H22N2O5S. The molecule has 2 aromatic carbocycles. The zero-order chi connectivity index (χ0) is 22.7. The number of anilines is 1. The number of para-hydroxylation sites is 1. The number of nitro groups is 1. The van der Waals surface area contributed by atoms with E-state index < -0.39 is 16.8 Å². The van der Waals surface area contributed by atoms with Gasteiger partial charge in [0.15, 0.2) is 0 Å². The Hall–Kier alpha value is -3.52. The van der Waals surface area contributed by atoms with E-state index in [1.807, 2.05) is 39.0 Å². The van der Waals surface area contributed by atoms with E-state index in [0.29, 0.717) is 16.1 Å². The van der Waals surface area contributed by atoms with Crippen molar-refractivity contribution >= 4 is 33.9 Å². The number of amides is 1. The van der Waals surface area contributed by atoms with Crippen LogP contribution in [0.2, 0.25) is 0 Å². The standard InChI is InChI=1S/C23H22N2O5S/c1-13-9-10-17(11-14(13)2)20-15(3)31-22(21(20)23(27)30-4)24-19(26)12-16-7-5-6-8-18(16)25(28)29/h5-11H,12H2,1-4H3,(H,24,26). The lowest BCUT2D eigenvalue weighted by Crippen LogP contribution is -2.16. The number of esters is 1. The molecule has 7 nitrogen and oxygen atoms in total. The largest absolute Gasteiger partial charge is 0.465 e. The van der Waals surface area contributed by atoms with Crippen LogP contribution < -0.4 is 5.32 Å². The number of nitrogens with one attached hydrogen (secondary N) is 1. The van der Waals surface area contributed by atoms with Crippen LogP contribution in [0.15, 0.2) is 42.5 Å². The Bertz CT molecular complexity index is 1180. The molecule has 1 N–H and O–H groups in total. The number of aryl methyl sites for hydroxylation is 3. The maximum atomic E-state index is 12.7. The quantitative estimate of drug-likeness (QED) is 0.323. The summed E-state index contributed by atoms with van der Waals surface area (Å²) in [5, 5.41) is 14.3. The fourth-order valence-corrected chi connectivity index (χ4v) is 4.44. The minimum Gasteiger partial charge on any atom is -0.465 e. The molecule has 0 atom stereocenters. The topological polar surface area (TPSA) is 98.5 Å². The second-order valence-corrected chi connectivity index (χ2v) is 8.36. The Kier molecular flexibility index (Phi) is 6.50. The summed E-state index contributed by atoms with van der Waals surface area (Å²) in [6.07, 6.45) is -0.187.